The molecule has 1 N–H and O–H groups in total. The Labute approximate surface area is 173 Å². The number of halogens is 3. The van der Waals surface area contributed by atoms with Crippen LogP contribution in [0.4, 0.5) is 0 Å². The molecular formula is C17H20BrCl2N3OS. The Balaban J connectivity index is 0.00000156. The molecule has 1 amide bonds. The smallest absolute Gasteiger partial charge is 0.272 e. The van der Waals surface area contributed by atoms with Crippen LogP contribution in [-0.4, -0.2) is 42.0 Å². The van der Waals surface area contributed by atoms with E-state index in [0.29, 0.717) is 5.69 Å². The fraction of sp³-hybridized carbons (Fsp3) is 0.294. The van der Waals surface area contributed by atoms with E-state index >= 15 is 0 Å². The molecule has 136 valence electrons. The van der Waals surface area contributed by atoms with Crippen LogP contribution in [-0.2, 0) is 0 Å². The van der Waals surface area contributed by atoms with Crippen LogP contribution < -0.4 is 5.32 Å². The van der Waals surface area contributed by atoms with Gasteiger partial charge in [0.2, 0.25) is 0 Å². The molecule has 1 fully saturated rings. The van der Waals surface area contributed by atoms with Gasteiger partial charge in [-0.15, -0.1) is 24.8 Å². The Bertz CT molecular complexity index is 697. The maximum absolute atomic E-state index is 12.6. The van der Waals surface area contributed by atoms with E-state index in [0.717, 1.165) is 47.0 Å². The monoisotopic (exact) mass is 463 g/mol. The highest BCUT2D eigenvalue weighted by Crippen LogP contribution is 2.28. The number of hydrogen-bond donors (Lipinski definition) is 1. The quantitative estimate of drug-likeness (QED) is 0.736. The van der Waals surface area contributed by atoms with Crippen molar-refractivity contribution in [3.8, 4) is 0 Å². The maximum atomic E-state index is 12.6. The van der Waals surface area contributed by atoms with E-state index in [1.807, 2.05) is 41.3 Å². The van der Waals surface area contributed by atoms with Crippen molar-refractivity contribution in [2.45, 2.75) is 16.3 Å². The van der Waals surface area contributed by atoms with Crippen molar-refractivity contribution in [2.24, 2.45) is 0 Å². The summed E-state index contributed by atoms with van der Waals surface area (Å²) in [5, 5.41) is 4.15. The molecule has 0 saturated carbocycles. The fourth-order valence-electron chi connectivity index (χ4n) is 2.45. The number of carbonyl (C=O) groups is 1. The van der Waals surface area contributed by atoms with Crippen molar-refractivity contribution in [3.05, 3.63) is 52.6 Å². The van der Waals surface area contributed by atoms with Crippen molar-refractivity contribution in [2.75, 3.05) is 26.2 Å². The summed E-state index contributed by atoms with van der Waals surface area (Å²) < 4.78 is 1.03. The standard InChI is InChI=1S/C17H18BrN3OS.2ClH/c18-13-4-1-5-14(12-13)23-16-7-2-6-15(20-16)17(22)21-10-3-8-19-9-11-21;;/h1-2,4-7,12,19H,3,8-11H2;2*1H. The van der Waals surface area contributed by atoms with Gasteiger partial charge in [-0.3, -0.25) is 4.79 Å². The lowest BCUT2D eigenvalue weighted by molar-refractivity contribution is 0.0760. The van der Waals surface area contributed by atoms with Crippen LogP contribution in [0.5, 0.6) is 0 Å². The molecule has 0 radical (unpaired) electrons. The average Bonchev–Trinajstić information content (AvgIpc) is 2.84. The second kappa shape index (κ2) is 11.0. The second-order valence-corrected chi connectivity index (χ2v) is 7.33. The first-order valence-corrected chi connectivity index (χ1v) is 9.24. The number of nitrogens with one attached hydrogen (secondary N) is 1. The molecule has 0 unspecified atom stereocenters. The number of carbonyl (C=O) groups excluding carboxylic acids is 1. The van der Waals surface area contributed by atoms with Gasteiger partial charge in [-0.1, -0.05) is 39.8 Å². The Hall–Kier alpha value is -0.790. The van der Waals surface area contributed by atoms with Gasteiger partial charge >= 0.3 is 0 Å². The molecule has 1 aliphatic rings. The van der Waals surface area contributed by atoms with Gasteiger partial charge in [0.15, 0.2) is 0 Å². The highest BCUT2D eigenvalue weighted by Gasteiger charge is 2.18. The molecule has 1 aromatic carbocycles. The molecule has 0 bridgehead atoms. The highest BCUT2D eigenvalue weighted by atomic mass is 79.9. The molecule has 8 heteroatoms. The molecule has 1 aromatic heterocycles. The van der Waals surface area contributed by atoms with Crippen LogP contribution in [0.15, 0.2) is 56.9 Å². The number of pyridine rings is 1. The van der Waals surface area contributed by atoms with E-state index in [1.165, 1.54) is 0 Å². The first-order chi connectivity index (χ1) is 11.2. The highest BCUT2D eigenvalue weighted by molar-refractivity contribution is 9.10. The van der Waals surface area contributed by atoms with Crippen LogP contribution >= 0.6 is 52.5 Å². The van der Waals surface area contributed by atoms with E-state index in [9.17, 15) is 4.79 Å². The van der Waals surface area contributed by atoms with E-state index < -0.39 is 0 Å². The third-order valence-electron chi connectivity index (χ3n) is 3.59. The molecule has 0 spiro atoms. The molecule has 1 aliphatic heterocycles. The minimum absolute atomic E-state index is 0. The van der Waals surface area contributed by atoms with Crippen LogP contribution in [0.1, 0.15) is 16.9 Å². The fourth-order valence-corrected chi connectivity index (χ4v) is 3.87. The number of aromatic nitrogens is 1. The molecule has 0 atom stereocenters. The summed E-state index contributed by atoms with van der Waals surface area (Å²) in [5.74, 6) is 0.0189. The van der Waals surface area contributed by atoms with Gasteiger partial charge in [0.1, 0.15) is 10.7 Å². The van der Waals surface area contributed by atoms with Crippen molar-refractivity contribution in [1.82, 2.24) is 15.2 Å². The van der Waals surface area contributed by atoms with Gasteiger partial charge in [0.05, 0.1) is 0 Å². The minimum Gasteiger partial charge on any atom is -0.336 e. The first-order valence-electron chi connectivity index (χ1n) is 7.63. The van der Waals surface area contributed by atoms with Gasteiger partial charge < -0.3 is 10.2 Å². The zero-order valence-corrected chi connectivity index (χ0v) is 17.5. The number of hydrogen-bond acceptors (Lipinski definition) is 4. The predicted octanol–water partition coefficient (Wildman–Crippen LogP) is 4.27. The summed E-state index contributed by atoms with van der Waals surface area (Å²) in [5.41, 5.74) is 0.520. The van der Waals surface area contributed by atoms with E-state index in [-0.39, 0.29) is 30.7 Å². The van der Waals surface area contributed by atoms with Crippen LogP contribution in [0.25, 0.3) is 0 Å². The van der Waals surface area contributed by atoms with Crippen LogP contribution in [0.2, 0.25) is 0 Å². The Morgan fingerprint density at radius 2 is 1.92 bits per heavy atom. The third-order valence-corrected chi connectivity index (χ3v) is 5.01. The predicted molar refractivity (Wildman–Crippen MR) is 110 cm³/mol. The van der Waals surface area contributed by atoms with Crippen molar-refractivity contribution >= 4 is 58.4 Å². The number of amides is 1. The van der Waals surface area contributed by atoms with E-state index in [1.54, 1.807) is 17.8 Å². The zero-order chi connectivity index (χ0) is 16.1. The van der Waals surface area contributed by atoms with Gasteiger partial charge in [-0.25, -0.2) is 4.98 Å². The SMILES string of the molecule is Cl.Cl.O=C(c1cccc(Sc2cccc(Br)c2)n1)N1CCCNCC1. The summed E-state index contributed by atoms with van der Waals surface area (Å²) in [6.07, 6.45) is 0.984. The third kappa shape index (κ3) is 6.46. The molecule has 0 aliphatic carbocycles. The lowest BCUT2D eigenvalue weighted by atomic mass is 10.3. The van der Waals surface area contributed by atoms with Crippen molar-refractivity contribution in [1.29, 1.82) is 0 Å². The van der Waals surface area contributed by atoms with E-state index in [4.69, 9.17) is 0 Å². The number of benzene rings is 1. The normalized spacial score (nSPS) is 14.0. The summed E-state index contributed by atoms with van der Waals surface area (Å²) in [6.45, 7) is 3.34. The summed E-state index contributed by atoms with van der Waals surface area (Å²) in [4.78, 5) is 20.1. The summed E-state index contributed by atoms with van der Waals surface area (Å²) in [7, 11) is 0. The minimum atomic E-state index is 0. The van der Waals surface area contributed by atoms with Gasteiger partial charge in [0, 0.05) is 29.0 Å². The Morgan fingerprint density at radius 3 is 2.72 bits per heavy atom. The van der Waals surface area contributed by atoms with Gasteiger partial charge in [0.25, 0.3) is 5.91 Å². The van der Waals surface area contributed by atoms with Crippen LogP contribution in [0, 0.1) is 0 Å². The Kier molecular flexibility index (Phi) is 9.82. The molecule has 4 nitrogen and oxygen atoms in total. The number of rotatable bonds is 3. The Morgan fingerprint density at radius 1 is 1.12 bits per heavy atom. The van der Waals surface area contributed by atoms with Gasteiger partial charge in [-0.05, 0) is 43.3 Å². The van der Waals surface area contributed by atoms with Crippen molar-refractivity contribution in [3.63, 3.8) is 0 Å². The lowest BCUT2D eigenvalue weighted by Crippen LogP contribution is -2.34. The molecular weight excluding hydrogens is 445 g/mol. The maximum Gasteiger partial charge on any atom is 0.272 e. The average molecular weight is 465 g/mol. The molecule has 25 heavy (non-hydrogen) atoms. The second-order valence-electron chi connectivity index (χ2n) is 5.32. The summed E-state index contributed by atoms with van der Waals surface area (Å²) >= 11 is 5.03. The van der Waals surface area contributed by atoms with Gasteiger partial charge in [-0.2, -0.15) is 0 Å². The zero-order valence-electron chi connectivity index (χ0n) is 13.5. The number of nitrogens with zero attached hydrogens (tertiary/aromatic N) is 2. The molecule has 1 saturated heterocycles. The summed E-state index contributed by atoms with van der Waals surface area (Å²) in [6, 6.07) is 13.7. The first kappa shape index (κ1) is 22.3. The molecule has 2 aromatic rings. The topological polar surface area (TPSA) is 45.2 Å². The lowest BCUT2D eigenvalue weighted by Gasteiger charge is -2.19. The van der Waals surface area contributed by atoms with Crippen molar-refractivity contribution < 1.29 is 4.79 Å². The molecule has 2 heterocycles. The largest absolute Gasteiger partial charge is 0.336 e. The molecule has 3 rings (SSSR count). The van der Waals surface area contributed by atoms with E-state index in [2.05, 4.69) is 26.2 Å². The van der Waals surface area contributed by atoms with Crippen LogP contribution in [0.3, 0.4) is 0 Å².